The fraction of sp³-hybridized carbons (Fsp3) is 0.500. The van der Waals surface area contributed by atoms with Gasteiger partial charge in [0.25, 0.3) is 5.91 Å². The molecule has 0 unspecified atom stereocenters. The van der Waals surface area contributed by atoms with E-state index in [9.17, 15) is 13.2 Å². The quantitative estimate of drug-likeness (QED) is 0.814. The molecule has 0 bridgehead atoms. The fourth-order valence-corrected chi connectivity index (χ4v) is 3.38. The number of hydrogen-bond acceptors (Lipinski definition) is 4. The average molecular weight is 362 g/mol. The molecule has 1 aromatic heterocycles. The van der Waals surface area contributed by atoms with Crippen molar-refractivity contribution in [1.29, 1.82) is 0 Å². The molecule has 20 heavy (non-hydrogen) atoms. The van der Waals surface area contributed by atoms with E-state index >= 15 is 0 Å². The van der Waals surface area contributed by atoms with Gasteiger partial charge in [-0.15, -0.1) is 0 Å². The summed E-state index contributed by atoms with van der Waals surface area (Å²) in [5.74, 6) is -0.121. The van der Waals surface area contributed by atoms with Gasteiger partial charge in [-0.05, 0) is 40.9 Å². The number of nitrogens with one attached hydrogen (secondary N) is 1. The lowest BCUT2D eigenvalue weighted by atomic mass is 10.1. The Balaban J connectivity index is 1.95. The van der Waals surface area contributed by atoms with Crippen molar-refractivity contribution in [3.05, 3.63) is 28.5 Å². The topological polar surface area (TPSA) is 79.4 Å². The maximum atomic E-state index is 12.2. The lowest BCUT2D eigenvalue weighted by Crippen LogP contribution is -2.46. The lowest BCUT2D eigenvalue weighted by molar-refractivity contribution is 0.0705. The van der Waals surface area contributed by atoms with E-state index in [4.69, 9.17) is 0 Å². The zero-order chi connectivity index (χ0) is 14.8. The van der Waals surface area contributed by atoms with Crippen LogP contribution in [0.1, 0.15) is 23.3 Å². The molecule has 2 rings (SSSR count). The minimum absolute atomic E-state index is 0.0930. The summed E-state index contributed by atoms with van der Waals surface area (Å²) < 4.78 is 25.5. The molecule has 0 atom stereocenters. The van der Waals surface area contributed by atoms with Crippen molar-refractivity contribution in [2.45, 2.75) is 18.9 Å². The van der Waals surface area contributed by atoms with Gasteiger partial charge < -0.3 is 4.90 Å². The van der Waals surface area contributed by atoms with E-state index in [1.807, 2.05) is 0 Å². The van der Waals surface area contributed by atoms with Crippen LogP contribution in [0.4, 0.5) is 0 Å². The molecule has 1 saturated heterocycles. The van der Waals surface area contributed by atoms with Crippen molar-refractivity contribution in [2.24, 2.45) is 0 Å². The second-order valence-electron chi connectivity index (χ2n) is 4.80. The van der Waals surface area contributed by atoms with E-state index < -0.39 is 10.0 Å². The van der Waals surface area contributed by atoms with Crippen LogP contribution in [0, 0.1) is 0 Å². The molecule has 1 amide bonds. The molecule has 8 heteroatoms. The van der Waals surface area contributed by atoms with E-state index in [2.05, 4.69) is 25.6 Å². The Morgan fingerprint density at radius 2 is 2.05 bits per heavy atom. The van der Waals surface area contributed by atoms with Crippen LogP contribution in [0.5, 0.6) is 0 Å². The number of carbonyl (C=O) groups is 1. The molecule has 2 heterocycles. The smallest absolute Gasteiger partial charge is 0.272 e. The molecule has 6 nitrogen and oxygen atoms in total. The summed E-state index contributed by atoms with van der Waals surface area (Å²) in [5.41, 5.74) is 0.397. The van der Waals surface area contributed by atoms with Gasteiger partial charge in [0.1, 0.15) is 10.3 Å². The molecule has 0 aliphatic carbocycles. The van der Waals surface area contributed by atoms with Gasteiger partial charge in [-0.25, -0.2) is 18.1 Å². The molecule has 1 aliphatic rings. The first-order valence-corrected chi connectivity index (χ1v) is 8.93. The summed E-state index contributed by atoms with van der Waals surface area (Å²) in [6, 6.07) is 5.11. The molecule has 1 N–H and O–H groups in total. The number of amides is 1. The second-order valence-corrected chi connectivity index (χ2v) is 7.39. The average Bonchev–Trinajstić information content (AvgIpc) is 2.37. The number of likely N-dealkylation sites (tertiary alicyclic amines) is 1. The van der Waals surface area contributed by atoms with Crippen LogP contribution in [0.2, 0.25) is 0 Å². The molecule has 110 valence electrons. The molecular formula is C12H16BrN3O3S. The van der Waals surface area contributed by atoms with Crippen molar-refractivity contribution in [3.8, 4) is 0 Å². The molecule has 0 saturated carbocycles. The van der Waals surface area contributed by atoms with Gasteiger partial charge >= 0.3 is 0 Å². The predicted molar refractivity (Wildman–Crippen MR) is 78.8 cm³/mol. The van der Waals surface area contributed by atoms with Gasteiger partial charge in [-0.2, -0.15) is 0 Å². The standard InChI is InChI=1S/C12H16BrN3O3S/c1-20(18,19)15-9-5-7-16(8-6-9)12(17)10-3-2-4-11(13)14-10/h2-4,9,15H,5-8H2,1H3. The molecule has 1 fully saturated rings. The van der Waals surface area contributed by atoms with Crippen LogP contribution in [0.15, 0.2) is 22.8 Å². The van der Waals surface area contributed by atoms with Crippen LogP contribution in [-0.4, -0.2) is 49.6 Å². The monoisotopic (exact) mass is 361 g/mol. The first-order chi connectivity index (χ1) is 9.35. The maximum Gasteiger partial charge on any atom is 0.272 e. The van der Waals surface area contributed by atoms with Crippen LogP contribution in [0.3, 0.4) is 0 Å². The lowest BCUT2D eigenvalue weighted by Gasteiger charge is -2.31. The van der Waals surface area contributed by atoms with Crippen molar-refractivity contribution in [2.75, 3.05) is 19.3 Å². The van der Waals surface area contributed by atoms with E-state index in [0.717, 1.165) is 6.26 Å². The number of halogens is 1. The van der Waals surface area contributed by atoms with Crippen LogP contribution < -0.4 is 4.72 Å². The Bertz CT molecular complexity index is 598. The second kappa shape index (κ2) is 6.19. The molecular weight excluding hydrogens is 346 g/mol. The summed E-state index contributed by atoms with van der Waals surface area (Å²) >= 11 is 3.24. The Hall–Kier alpha value is -0.990. The number of nitrogens with zero attached hydrogens (tertiary/aromatic N) is 2. The third kappa shape index (κ3) is 4.26. The number of hydrogen-bond donors (Lipinski definition) is 1. The van der Waals surface area contributed by atoms with E-state index in [-0.39, 0.29) is 11.9 Å². The zero-order valence-corrected chi connectivity index (χ0v) is 13.4. The Labute approximate surface area is 126 Å². The van der Waals surface area contributed by atoms with Crippen LogP contribution in [0.25, 0.3) is 0 Å². The van der Waals surface area contributed by atoms with Crippen molar-refractivity contribution in [3.63, 3.8) is 0 Å². The zero-order valence-electron chi connectivity index (χ0n) is 11.0. The first kappa shape index (κ1) is 15.4. The number of pyridine rings is 1. The highest BCUT2D eigenvalue weighted by molar-refractivity contribution is 9.10. The van der Waals surface area contributed by atoms with E-state index in [1.165, 1.54) is 0 Å². The number of piperidine rings is 1. The molecule has 1 aromatic rings. The van der Waals surface area contributed by atoms with Gasteiger partial charge in [-0.3, -0.25) is 4.79 Å². The molecule has 0 aromatic carbocycles. The predicted octanol–water partition coefficient (Wildman–Crippen LogP) is 0.998. The summed E-state index contributed by atoms with van der Waals surface area (Å²) in [5, 5.41) is 0. The first-order valence-electron chi connectivity index (χ1n) is 6.24. The molecule has 0 spiro atoms. The van der Waals surface area contributed by atoms with Gasteiger partial charge in [0.15, 0.2) is 0 Å². The van der Waals surface area contributed by atoms with E-state index in [0.29, 0.717) is 36.2 Å². The van der Waals surface area contributed by atoms with Gasteiger partial charge in [0.05, 0.1) is 6.26 Å². The summed E-state index contributed by atoms with van der Waals surface area (Å²) in [6.07, 6.45) is 2.38. The highest BCUT2D eigenvalue weighted by Crippen LogP contribution is 2.15. The highest BCUT2D eigenvalue weighted by Gasteiger charge is 2.25. The highest BCUT2D eigenvalue weighted by atomic mass is 79.9. The summed E-state index contributed by atoms with van der Waals surface area (Å²) in [4.78, 5) is 18.1. The molecule has 0 radical (unpaired) electrons. The van der Waals surface area contributed by atoms with Gasteiger partial charge in [0, 0.05) is 19.1 Å². The fourth-order valence-electron chi connectivity index (χ4n) is 2.19. The number of sulfonamides is 1. The SMILES string of the molecule is CS(=O)(=O)NC1CCN(C(=O)c2cccc(Br)n2)CC1. The molecule has 1 aliphatic heterocycles. The van der Waals surface area contributed by atoms with Crippen molar-refractivity contribution >= 4 is 31.9 Å². The van der Waals surface area contributed by atoms with Gasteiger partial charge in [-0.1, -0.05) is 6.07 Å². The third-order valence-electron chi connectivity index (χ3n) is 3.10. The Kier molecular flexibility index (Phi) is 4.77. The maximum absolute atomic E-state index is 12.2. The van der Waals surface area contributed by atoms with Crippen molar-refractivity contribution in [1.82, 2.24) is 14.6 Å². The minimum Gasteiger partial charge on any atom is -0.337 e. The Morgan fingerprint density at radius 1 is 1.40 bits per heavy atom. The summed E-state index contributed by atoms with van der Waals surface area (Å²) in [6.45, 7) is 1.06. The normalized spacial score (nSPS) is 17.2. The minimum atomic E-state index is -3.19. The third-order valence-corrected chi connectivity index (χ3v) is 4.30. The van der Waals surface area contributed by atoms with Gasteiger partial charge in [0.2, 0.25) is 10.0 Å². The van der Waals surface area contributed by atoms with E-state index in [1.54, 1.807) is 23.1 Å². The number of carbonyl (C=O) groups excluding carboxylic acids is 1. The Morgan fingerprint density at radius 3 is 2.60 bits per heavy atom. The van der Waals surface area contributed by atoms with Crippen LogP contribution in [-0.2, 0) is 10.0 Å². The number of rotatable bonds is 3. The van der Waals surface area contributed by atoms with Crippen LogP contribution >= 0.6 is 15.9 Å². The number of aromatic nitrogens is 1. The largest absolute Gasteiger partial charge is 0.337 e. The van der Waals surface area contributed by atoms with Crippen molar-refractivity contribution < 1.29 is 13.2 Å². The summed E-state index contributed by atoms with van der Waals surface area (Å²) in [7, 11) is -3.19.